The van der Waals surface area contributed by atoms with E-state index in [2.05, 4.69) is 0 Å². The molecule has 86 valence electrons. The zero-order valence-corrected chi connectivity index (χ0v) is 8.37. The van der Waals surface area contributed by atoms with Crippen LogP contribution in [0.4, 0.5) is 8.78 Å². The molecule has 0 saturated heterocycles. The fraction of sp³-hybridized carbons (Fsp3) is 0.273. The van der Waals surface area contributed by atoms with Crippen LogP contribution in [-0.2, 0) is 4.79 Å². The molecule has 3 nitrogen and oxygen atoms in total. The Bertz CT molecular complexity index is 395. The standard InChI is InChI=1S/C11H10F2O3/c12-8-4-7(5-9(13)6-8)10(14)2-1-3-11(15)16/h4-6H,1-3H2,(H,15,16). The quantitative estimate of drug-likeness (QED) is 0.787. The average Bonchev–Trinajstić information content (AvgIpc) is 2.15. The Morgan fingerprint density at radius 1 is 1.06 bits per heavy atom. The summed E-state index contributed by atoms with van der Waals surface area (Å²) in [5.41, 5.74) is -0.0668. The summed E-state index contributed by atoms with van der Waals surface area (Å²) in [7, 11) is 0. The molecular weight excluding hydrogens is 218 g/mol. The lowest BCUT2D eigenvalue weighted by molar-refractivity contribution is -0.137. The Hall–Kier alpha value is -1.78. The number of carboxylic acids is 1. The van der Waals surface area contributed by atoms with Gasteiger partial charge in [0.15, 0.2) is 5.78 Å². The summed E-state index contributed by atoms with van der Waals surface area (Å²) < 4.78 is 25.5. The molecule has 0 fully saturated rings. The van der Waals surface area contributed by atoms with Gasteiger partial charge >= 0.3 is 5.97 Å². The smallest absolute Gasteiger partial charge is 0.303 e. The molecule has 0 saturated carbocycles. The van der Waals surface area contributed by atoms with Crippen molar-refractivity contribution in [1.82, 2.24) is 0 Å². The lowest BCUT2D eigenvalue weighted by Gasteiger charge is -2.00. The van der Waals surface area contributed by atoms with Gasteiger partial charge in [0.2, 0.25) is 0 Å². The first-order valence-corrected chi connectivity index (χ1v) is 4.70. The molecule has 0 aliphatic rings. The highest BCUT2D eigenvalue weighted by molar-refractivity contribution is 5.96. The number of carbonyl (C=O) groups is 2. The summed E-state index contributed by atoms with van der Waals surface area (Å²) in [6.45, 7) is 0. The molecule has 16 heavy (non-hydrogen) atoms. The number of rotatable bonds is 5. The summed E-state index contributed by atoms with van der Waals surface area (Å²) in [6, 6.07) is 2.55. The van der Waals surface area contributed by atoms with Crippen LogP contribution in [0, 0.1) is 11.6 Å². The molecule has 0 aliphatic carbocycles. The predicted octanol–water partition coefficient (Wildman–Crippen LogP) is 2.40. The van der Waals surface area contributed by atoms with Crippen molar-refractivity contribution in [2.75, 3.05) is 0 Å². The SMILES string of the molecule is O=C(O)CCCC(=O)c1cc(F)cc(F)c1. The first kappa shape index (κ1) is 12.3. The van der Waals surface area contributed by atoms with Crippen LogP contribution in [0.5, 0.6) is 0 Å². The lowest BCUT2D eigenvalue weighted by Crippen LogP contribution is -2.02. The third-order valence-corrected chi connectivity index (χ3v) is 1.98. The molecule has 0 unspecified atom stereocenters. The molecule has 1 rings (SSSR count). The Labute approximate surface area is 90.7 Å². The number of Topliss-reactive ketones (excluding diaryl/α,β-unsaturated/α-hetero) is 1. The molecule has 0 spiro atoms. The summed E-state index contributed by atoms with van der Waals surface area (Å²) in [5, 5.41) is 8.35. The van der Waals surface area contributed by atoms with Gasteiger partial charge in [0.05, 0.1) is 0 Å². The Morgan fingerprint density at radius 3 is 2.12 bits per heavy atom. The van der Waals surface area contributed by atoms with Crippen molar-refractivity contribution in [1.29, 1.82) is 0 Å². The molecule has 1 aromatic carbocycles. The van der Waals surface area contributed by atoms with E-state index in [1.54, 1.807) is 0 Å². The fourth-order valence-corrected chi connectivity index (χ4v) is 1.26. The van der Waals surface area contributed by atoms with Gasteiger partial charge in [-0.25, -0.2) is 8.78 Å². The van der Waals surface area contributed by atoms with E-state index >= 15 is 0 Å². The summed E-state index contributed by atoms with van der Waals surface area (Å²) in [4.78, 5) is 21.6. The molecule has 0 atom stereocenters. The normalized spacial score (nSPS) is 10.1. The topological polar surface area (TPSA) is 54.4 Å². The molecule has 0 amide bonds. The highest BCUT2D eigenvalue weighted by atomic mass is 19.1. The van der Waals surface area contributed by atoms with Gasteiger partial charge in [0.1, 0.15) is 11.6 Å². The van der Waals surface area contributed by atoms with Crippen LogP contribution in [0.15, 0.2) is 18.2 Å². The summed E-state index contributed by atoms with van der Waals surface area (Å²) in [6.07, 6.45) is -0.00890. The Morgan fingerprint density at radius 2 is 1.62 bits per heavy atom. The molecule has 1 N–H and O–H groups in total. The number of hydrogen-bond acceptors (Lipinski definition) is 2. The molecule has 0 radical (unpaired) electrons. The van der Waals surface area contributed by atoms with Crippen LogP contribution in [-0.4, -0.2) is 16.9 Å². The molecule has 0 aromatic heterocycles. The minimum absolute atomic E-state index is 0.0325. The van der Waals surface area contributed by atoms with Gasteiger partial charge in [-0.15, -0.1) is 0 Å². The number of carboxylic acid groups (broad SMARTS) is 1. The van der Waals surface area contributed by atoms with Crippen molar-refractivity contribution in [3.63, 3.8) is 0 Å². The first-order valence-electron chi connectivity index (χ1n) is 4.70. The third-order valence-electron chi connectivity index (χ3n) is 1.98. The molecule has 0 aliphatic heterocycles. The summed E-state index contributed by atoms with van der Waals surface area (Å²) >= 11 is 0. The maximum Gasteiger partial charge on any atom is 0.303 e. The summed E-state index contributed by atoms with van der Waals surface area (Å²) in [5.74, 6) is -3.10. The minimum Gasteiger partial charge on any atom is -0.481 e. The van der Waals surface area contributed by atoms with Crippen LogP contribution in [0.25, 0.3) is 0 Å². The number of halogens is 2. The van der Waals surface area contributed by atoms with Gasteiger partial charge in [-0.05, 0) is 18.6 Å². The van der Waals surface area contributed by atoms with E-state index in [0.717, 1.165) is 12.1 Å². The monoisotopic (exact) mass is 228 g/mol. The van der Waals surface area contributed by atoms with Crippen molar-refractivity contribution in [2.24, 2.45) is 0 Å². The van der Waals surface area contributed by atoms with Crippen LogP contribution < -0.4 is 0 Å². The number of benzene rings is 1. The zero-order chi connectivity index (χ0) is 12.1. The second kappa shape index (κ2) is 5.34. The number of aliphatic carboxylic acids is 1. The maximum atomic E-state index is 12.8. The molecule has 0 heterocycles. The van der Waals surface area contributed by atoms with Gasteiger partial charge < -0.3 is 5.11 Å². The predicted molar refractivity (Wildman–Crippen MR) is 52.2 cm³/mol. The largest absolute Gasteiger partial charge is 0.481 e. The van der Waals surface area contributed by atoms with E-state index in [0.29, 0.717) is 6.07 Å². The first-order chi connectivity index (χ1) is 7.49. The van der Waals surface area contributed by atoms with Crippen molar-refractivity contribution in [3.05, 3.63) is 35.4 Å². The molecule has 1 aromatic rings. The van der Waals surface area contributed by atoms with E-state index in [4.69, 9.17) is 5.11 Å². The van der Waals surface area contributed by atoms with E-state index in [1.165, 1.54) is 0 Å². The zero-order valence-electron chi connectivity index (χ0n) is 8.37. The van der Waals surface area contributed by atoms with Crippen molar-refractivity contribution in [3.8, 4) is 0 Å². The van der Waals surface area contributed by atoms with Crippen molar-refractivity contribution in [2.45, 2.75) is 19.3 Å². The second-order valence-corrected chi connectivity index (χ2v) is 3.33. The van der Waals surface area contributed by atoms with Crippen molar-refractivity contribution < 1.29 is 23.5 Å². The van der Waals surface area contributed by atoms with E-state index < -0.39 is 23.4 Å². The Kier molecular flexibility index (Phi) is 4.10. The van der Waals surface area contributed by atoms with E-state index in [-0.39, 0.29) is 24.8 Å². The fourth-order valence-electron chi connectivity index (χ4n) is 1.26. The van der Waals surface area contributed by atoms with Crippen LogP contribution in [0.2, 0.25) is 0 Å². The Balaban J connectivity index is 2.62. The van der Waals surface area contributed by atoms with Crippen LogP contribution in [0.1, 0.15) is 29.6 Å². The maximum absolute atomic E-state index is 12.8. The van der Waals surface area contributed by atoms with Gasteiger partial charge in [-0.3, -0.25) is 9.59 Å². The average molecular weight is 228 g/mol. The minimum atomic E-state index is -1.00. The number of carbonyl (C=O) groups excluding carboxylic acids is 1. The van der Waals surface area contributed by atoms with E-state index in [9.17, 15) is 18.4 Å². The van der Waals surface area contributed by atoms with Gasteiger partial charge in [-0.1, -0.05) is 0 Å². The van der Waals surface area contributed by atoms with Gasteiger partial charge in [-0.2, -0.15) is 0 Å². The van der Waals surface area contributed by atoms with Crippen LogP contribution >= 0.6 is 0 Å². The number of hydrogen-bond donors (Lipinski definition) is 1. The van der Waals surface area contributed by atoms with Crippen LogP contribution in [0.3, 0.4) is 0 Å². The van der Waals surface area contributed by atoms with Gasteiger partial charge in [0, 0.05) is 24.5 Å². The van der Waals surface area contributed by atoms with Crippen molar-refractivity contribution >= 4 is 11.8 Å². The lowest BCUT2D eigenvalue weighted by atomic mass is 10.1. The highest BCUT2D eigenvalue weighted by Gasteiger charge is 2.09. The molecular formula is C11H10F2O3. The second-order valence-electron chi connectivity index (χ2n) is 3.33. The van der Waals surface area contributed by atoms with Gasteiger partial charge in [0.25, 0.3) is 0 Å². The number of ketones is 1. The van der Waals surface area contributed by atoms with E-state index in [1.807, 2.05) is 0 Å². The third kappa shape index (κ3) is 3.76. The highest BCUT2D eigenvalue weighted by Crippen LogP contribution is 2.11. The molecule has 5 heteroatoms. The molecule has 0 bridgehead atoms.